The molecule has 1 N–H and O–H groups in total. The molecule has 0 saturated carbocycles. The Morgan fingerprint density at radius 2 is 2.06 bits per heavy atom. The molecule has 13 heteroatoms. The van der Waals surface area contributed by atoms with Gasteiger partial charge in [-0.3, -0.25) is 4.90 Å². The van der Waals surface area contributed by atoms with Gasteiger partial charge in [-0.2, -0.15) is 0 Å². The molecule has 2 heterocycles. The Morgan fingerprint density at radius 3 is 2.71 bits per heavy atom. The van der Waals surface area contributed by atoms with E-state index in [1.807, 2.05) is 30.3 Å². The quantitative estimate of drug-likeness (QED) is 0.446. The molecule has 0 spiro atoms. The monoisotopic (exact) mass is 529 g/mol. The molecule has 1 aliphatic heterocycles. The summed E-state index contributed by atoms with van der Waals surface area (Å²) < 4.78 is 61.1. The maximum Gasteiger partial charge on any atom is 0.427 e. The van der Waals surface area contributed by atoms with Crippen LogP contribution in [0.15, 0.2) is 52.2 Å². The van der Waals surface area contributed by atoms with Gasteiger partial charge in [0.25, 0.3) is 10.0 Å². The molecular weight excluding hydrogens is 512 g/mol. The van der Waals surface area contributed by atoms with E-state index in [4.69, 9.17) is 16.3 Å². The summed E-state index contributed by atoms with van der Waals surface area (Å²) in [6.07, 6.45) is -1.83. The summed E-state index contributed by atoms with van der Waals surface area (Å²) >= 11 is 6.92. The first-order valence-corrected chi connectivity index (χ1v) is 12.7. The fourth-order valence-corrected chi connectivity index (χ4v) is 5.86. The Morgan fingerprint density at radius 1 is 1.32 bits per heavy atom. The molecule has 1 saturated heterocycles. The molecule has 8 nitrogen and oxygen atoms in total. The Bertz CT molecular complexity index is 1290. The number of amides is 1. The van der Waals surface area contributed by atoms with Crippen LogP contribution >= 0.6 is 22.9 Å². The highest BCUT2D eigenvalue weighted by molar-refractivity contribution is 7.93. The topological polar surface area (TPSA) is 100 Å². The lowest BCUT2D eigenvalue weighted by Gasteiger charge is -2.20. The molecule has 1 aliphatic rings. The van der Waals surface area contributed by atoms with Crippen molar-refractivity contribution in [2.45, 2.75) is 24.0 Å². The molecule has 0 bridgehead atoms. The Labute approximate surface area is 203 Å². The number of aromatic nitrogens is 1. The Balaban J connectivity index is 1.56. The van der Waals surface area contributed by atoms with Gasteiger partial charge in [0.15, 0.2) is 22.3 Å². The molecule has 3 aromatic rings. The van der Waals surface area contributed by atoms with E-state index < -0.39 is 49.6 Å². The molecule has 0 radical (unpaired) electrons. The van der Waals surface area contributed by atoms with Gasteiger partial charge in [0.2, 0.25) is 0 Å². The van der Waals surface area contributed by atoms with Crippen molar-refractivity contribution in [3.63, 3.8) is 0 Å². The number of thiazole rings is 1. The summed E-state index contributed by atoms with van der Waals surface area (Å²) in [4.78, 5) is 15.8. The van der Waals surface area contributed by atoms with Gasteiger partial charge in [-0.1, -0.05) is 41.9 Å². The lowest BCUT2D eigenvalue weighted by molar-refractivity contribution is 0.196. The molecule has 34 heavy (non-hydrogen) atoms. The van der Waals surface area contributed by atoms with E-state index in [2.05, 4.69) is 9.88 Å². The number of benzene rings is 2. The van der Waals surface area contributed by atoms with E-state index in [1.165, 1.54) is 5.51 Å². The van der Waals surface area contributed by atoms with Crippen LogP contribution in [0.3, 0.4) is 0 Å². The Kier molecular flexibility index (Phi) is 7.03. The number of ether oxygens (including phenoxy) is 1. The maximum absolute atomic E-state index is 15.0. The molecule has 0 aliphatic carbocycles. The predicted molar refractivity (Wildman–Crippen MR) is 122 cm³/mol. The average molecular weight is 530 g/mol. The van der Waals surface area contributed by atoms with Crippen LogP contribution in [0.5, 0.6) is 5.75 Å². The third-order valence-electron chi connectivity index (χ3n) is 5.15. The van der Waals surface area contributed by atoms with Gasteiger partial charge in [-0.15, -0.1) is 15.6 Å². The highest BCUT2D eigenvalue weighted by Gasteiger charge is 2.39. The third-order valence-corrected chi connectivity index (χ3v) is 7.79. The minimum atomic E-state index is -5.21. The number of halogens is 3. The lowest BCUT2D eigenvalue weighted by Crippen LogP contribution is -2.37. The fraction of sp³-hybridized carbons (Fsp3) is 0.238. The van der Waals surface area contributed by atoms with Gasteiger partial charge in [-0.25, -0.2) is 27.0 Å². The van der Waals surface area contributed by atoms with E-state index in [-0.39, 0.29) is 10.1 Å². The van der Waals surface area contributed by atoms with Crippen molar-refractivity contribution in [1.82, 2.24) is 9.88 Å². The van der Waals surface area contributed by atoms with E-state index >= 15 is 4.39 Å². The van der Waals surface area contributed by atoms with Gasteiger partial charge in [0.05, 0.1) is 5.51 Å². The number of carboxylic acid groups (broad SMARTS) is 1. The third kappa shape index (κ3) is 4.85. The first kappa shape index (κ1) is 24.3. The van der Waals surface area contributed by atoms with Crippen molar-refractivity contribution in [3.8, 4) is 5.75 Å². The van der Waals surface area contributed by atoms with Crippen molar-refractivity contribution in [2.75, 3.05) is 17.4 Å². The number of nitrogens with zero attached hydrogens (tertiary/aromatic N) is 3. The van der Waals surface area contributed by atoms with Crippen molar-refractivity contribution in [2.24, 2.45) is 0 Å². The van der Waals surface area contributed by atoms with Crippen LogP contribution in [0.1, 0.15) is 12.0 Å². The van der Waals surface area contributed by atoms with E-state index in [0.717, 1.165) is 22.3 Å². The molecule has 1 atom stereocenters. The van der Waals surface area contributed by atoms with Crippen molar-refractivity contribution in [1.29, 1.82) is 0 Å². The van der Waals surface area contributed by atoms with Crippen LogP contribution in [0, 0.1) is 11.6 Å². The summed E-state index contributed by atoms with van der Waals surface area (Å²) in [5, 5.41) is 9.73. The number of sulfonamides is 1. The van der Waals surface area contributed by atoms with E-state index in [0.29, 0.717) is 32.1 Å². The summed E-state index contributed by atoms with van der Waals surface area (Å²) in [5.41, 5.74) is 2.29. The number of anilines is 1. The van der Waals surface area contributed by atoms with Crippen LogP contribution in [0.4, 0.5) is 19.4 Å². The summed E-state index contributed by atoms with van der Waals surface area (Å²) in [6.45, 7) is 1.84. The zero-order valence-corrected chi connectivity index (χ0v) is 19.8. The second kappa shape index (κ2) is 9.82. The first-order valence-electron chi connectivity index (χ1n) is 9.95. The number of rotatable bonds is 7. The number of likely N-dealkylation sites (tertiary alicyclic amines) is 1. The lowest BCUT2D eigenvalue weighted by atomic mass is 10.2. The van der Waals surface area contributed by atoms with Gasteiger partial charge in [0.1, 0.15) is 16.9 Å². The van der Waals surface area contributed by atoms with Crippen molar-refractivity contribution in [3.05, 3.63) is 69.5 Å². The number of carbonyl (C=O) groups is 1. The number of hydrogen-bond acceptors (Lipinski definition) is 7. The Hall–Kier alpha value is -2.80. The summed E-state index contributed by atoms with van der Waals surface area (Å²) in [6, 6.07) is 10.4. The normalized spacial score (nSPS) is 16.5. The average Bonchev–Trinajstić information content (AvgIpc) is 3.44. The highest BCUT2D eigenvalue weighted by Crippen LogP contribution is 2.37. The summed E-state index contributed by atoms with van der Waals surface area (Å²) in [5.74, 6) is -4.05. The first-order chi connectivity index (χ1) is 16.2. The smallest absolute Gasteiger partial charge is 0.427 e. The van der Waals surface area contributed by atoms with Crippen LogP contribution in [0.2, 0.25) is 5.02 Å². The van der Waals surface area contributed by atoms with Crippen molar-refractivity contribution >= 4 is 44.9 Å². The van der Waals surface area contributed by atoms with Gasteiger partial charge >= 0.3 is 6.09 Å². The molecule has 180 valence electrons. The molecule has 1 fully saturated rings. The fourth-order valence-electron chi connectivity index (χ4n) is 3.66. The van der Waals surface area contributed by atoms with Gasteiger partial charge < -0.3 is 9.84 Å². The zero-order valence-electron chi connectivity index (χ0n) is 17.4. The van der Waals surface area contributed by atoms with Crippen molar-refractivity contribution < 1.29 is 31.8 Å². The molecule has 1 amide bonds. The van der Waals surface area contributed by atoms with E-state index in [9.17, 15) is 22.7 Å². The molecule has 1 aromatic heterocycles. The van der Waals surface area contributed by atoms with Crippen LogP contribution < -0.4 is 9.04 Å². The van der Waals surface area contributed by atoms with Crippen LogP contribution in [0.25, 0.3) is 0 Å². The van der Waals surface area contributed by atoms with Gasteiger partial charge in [-0.05, 0) is 12.0 Å². The zero-order chi connectivity index (χ0) is 24.5. The molecule has 4 rings (SSSR count). The minimum absolute atomic E-state index is 0.208. The van der Waals surface area contributed by atoms with Crippen LogP contribution in [-0.4, -0.2) is 48.7 Å². The molecule has 2 aromatic carbocycles. The SMILES string of the molecule is O=C(O)N(c1cscn1)S(=O)(=O)c1c(F)cc(OC2CCN(Cc3ccccc3)C2)c(Cl)c1F. The summed E-state index contributed by atoms with van der Waals surface area (Å²) in [7, 11) is -5.21. The second-order valence-corrected chi connectivity index (χ2v) is 10.3. The maximum atomic E-state index is 15.0. The standard InChI is InChI=1S/C21H18ClF2N3O5S2/c22-18-16(32-14-6-7-26(10-14)9-13-4-2-1-3-5-13)8-15(23)20(19(18)24)34(30,31)27(21(28)29)17-11-33-12-25-17/h1-5,8,11-12,14H,6-7,9-10H2,(H,28,29). The number of hydrogen-bond donors (Lipinski definition) is 1. The van der Waals surface area contributed by atoms with Gasteiger partial charge in [0, 0.05) is 31.1 Å². The minimum Gasteiger partial charge on any atom is -0.487 e. The molecular formula is C21H18ClF2N3O5S2. The highest BCUT2D eigenvalue weighted by atomic mass is 35.5. The predicted octanol–water partition coefficient (Wildman–Crippen LogP) is 4.60. The van der Waals surface area contributed by atoms with E-state index in [1.54, 1.807) is 0 Å². The largest absolute Gasteiger partial charge is 0.487 e. The second-order valence-electron chi connectivity index (χ2n) is 7.46. The molecule has 1 unspecified atom stereocenters. The van der Waals surface area contributed by atoms with Crippen LogP contribution in [-0.2, 0) is 16.6 Å².